The van der Waals surface area contributed by atoms with Gasteiger partial charge in [0.25, 0.3) is 0 Å². The van der Waals surface area contributed by atoms with Crippen LogP contribution in [0.1, 0.15) is 65.7 Å². The summed E-state index contributed by atoms with van der Waals surface area (Å²) in [5.41, 5.74) is 4.31. The number of allylic oxidation sites excluding steroid dienone is 6. The SMILES string of the molecule is CC(C)=CCC/C(C)=C/CCC1=CC[C@@H](C(=O)OCCO)CC1. The van der Waals surface area contributed by atoms with Gasteiger partial charge in [-0.2, -0.15) is 0 Å². The molecular formula is C20H32O3. The standard InChI is InChI=1S/C20H32O3/c1-16(2)6-4-7-17(3)8-5-9-18-10-12-19(13-11-18)20(22)23-15-14-21/h6,8,10,19,21H,4-5,7,9,11-15H2,1-3H3/b17-8+/t19-/m1/s1. The van der Waals surface area contributed by atoms with Crippen molar-refractivity contribution in [3.8, 4) is 0 Å². The first-order chi connectivity index (χ1) is 11.0. The van der Waals surface area contributed by atoms with Crippen molar-refractivity contribution in [3.63, 3.8) is 0 Å². The van der Waals surface area contributed by atoms with E-state index in [2.05, 4.69) is 39.0 Å². The Bertz CT molecular complexity index is 454. The molecule has 0 aliphatic heterocycles. The summed E-state index contributed by atoms with van der Waals surface area (Å²) in [6.45, 7) is 6.51. The first-order valence-corrected chi connectivity index (χ1v) is 8.77. The van der Waals surface area contributed by atoms with Crippen molar-refractivity contribution in [1.29, 1.82) is 0 Å². The molecule has 0 aromatic heterocycles. The maximum atomic E-state index is 11.7. The Morgan fingerprint density at radius 2 is 2.09 bits per heavy atom. The molecule has 1 rings (SSSR count). The minimum Gasteiger partial charge on any atom is -0.463 e. The molecule has 0 aromatic rings. The normalized spacial score (nSPS) is 18.3. The number of esters is 1. The van der Waals surface area contributed by atoms with Gasteiger partial charge in [0.05, 0.1) is 12.5 Å². The highest BCUT2D eigenvalue weighted by atomic mass is 16.5. The summed E-state index contributed by atoms with van der Waals surface area (Å²) in [5, 5.41) is 8.68. The van der Waals surface area contributed by atoms with E-state index in [0.717, 1.165) is 44.9 Å². The van der Waals surface area contributed by atoms with E-state index in [-0.39, 0.29) is 25.1 Å². The highest BCUT2D eigenvalue weighted by Gasteiger charge is 2.22. The number of ether oxygens (including phenoxy) is 1. The van der Waals surface area contributed by atoms with Crippen LogP contribution in [0.15, 0.2) is 34.9 Å². The Hall–Kier alpha value is -1.35. The molecule has 23 heavy (non-hydrogen) atoms. The number of hydrogen-bond acceptors (Lipinski definition) is 3. The molecule has 1 N–H and O–H groups in total. The van der Waals surface area contributed by atoms with Gasteiger partial charge in [-0.15, -0.1) is 0 Å². The lowest BCUT2D eigenvalue weighted by molar-refractivity contribution is -0.149. The van der Waals surface area contributed by atoms with Gasteiger partial charge >= 0.3 is 5.97 Å². The molecule has 0 spiro atoms. The molecule has 3 nitrogen and oxygen atoms in total. The molecule has 0 bridgehead atoms. The summed E-state index contributed by atoms with van der Waals surface area (Å²) in [7, 11) is 0. The minimum atomic E-state index is -0.163. The van der Waals surface area contributed by atoms with Crippen LogP contribution in [0.2, 0.25) is 0 Å². The molecular weight excluding hydrogens is 288 g/mol. The molecule has 0 heterocycles. The van der Waals surface area contributed by atoms with Gasteiger partial charge in [-0.3, -0.25) is 4.79 Å². The third kappa shape index (κ3) is 8.75. The Balaban J connectivity index is 2.27. The molecule has 0 aromatic carbocycles. The number of aliphatic hydroxyl groups excluding tert-OH is 1. The van der Waals surface area contributed by atoms with Gasteiger partial charge in [0.1, 0.15) is 6.61 Å². The Morgan fingerprint density at radius 1 is 1.30 bits per heavy atom. The molecule has 130 valence electrons. The zero-order valence-corrected chi connectivity index (χ0v) is 14.9. The van der Waals surface area contributed by atoms with Crippen LogP contribution in [0.25, 0.3) is 0 Å². The van der Waals surface area contributed by atoms with Crippen molar-refractivity contribution >= 4 is 5.97 Å². The van der Waals surface area contributed by atoms with Gasteiger partial charge in [0, 0.05) is 0 Å². The van der Waals surface area contributed by atoms with Crippen LogP contribution in [0, 0.1) is 5.92 Å². The van der Waals surface area contributed by atoms with Crippen molar-refractivity contribution < 1.29 is 14.6 Å². The predicted octanol–water partition coefficient (Wildman–Crippen LogP) is 4.72. The van der Waals surface area contributed by atoms with E-state index in [1.165, 1.54) is 16.7 Å². The molecule has 0 saturated carbocycles. The van der Waals surface area contributed by atoms with Crippen molar-refractivity contribution in [1.82, 2.24) is 0 Å². The van der Waals surface area contributed by atoms with E-state index in [1.807, 2.05) is 0 Å². The van der Waals surface area contributed by atoms with E-state index < -0.39 is 0 Å². The third-order valence-electron chi connectivity index (χ3n) is 4.22. The molecule has 0 fully saturated rings. The second kappa shape index (κ2) is 11.2. The topological polar surface area (TPSA) is 46.5 Å². The van der Waals surface area contributed by atoms with E-state index in [0.29, 0.717) is 0 Å². The van der Waals surface area contributed by atoms with Crippen molar-refractivity contribution in [2.75, 3.05) is 13.2 Å². The molecule has 0 amide bonds. The molecule has 0 saturated heterocycles. The number of aliphatic hydroxyl groups is 1. The summed E-state index contributed by atoms with van der Waals surface area (Å²) in [4.78, 5) is 11.7. The summed E-state index contributed by atoms with van der Waals surface area (Å²) in [5.74, 6) is -0.184. The second-order valence-corrected chi connectivity index (χ2v) is 6.63. The predicted molar refractivity (Wildman–Crippen MR) is 95.1 cm³/mol. The fraction of sp³-hybridized carbons (Fsp3) is 0.650. The molecule has 3 heteroatoms. The van der Waals surface area contributed by atoms with Crippen molar-refractivity contribution in [3.05, 3.63) is 34.9 Å². The van der Waals surface area contributed by atoms with Crippen molar-refractivity contribution in [2.24, 2.45) is 5.92 Å². The monoisotopic (exact) mass is 320 g/mol. The minimum absolute atomic E-state index is 0.0216. The van der Waals surface area contributed by atoms with Crippen LogP contribution in [0.4, 0.5) is 0 Å². The van der Waals surface area contributed by atoms with E-state index >= 15 is 0 Å². The Kier molecular flexibility index (Phi) is 9.61. The summed E-state index contributed by atoms with van der Waals surface area (Å²) < 4.78 is 5.00. The number of hydrogen-bond donors (Lipinski definition) is 1. The van der Waals surface area contributed by atoms with Crippen LogP contribution < -0.4 is 0 Å². The van der Waals surface area contributed by atoms with Crippen LogP contribution >= 0.6 is 0 Å². The molecule has 0 unspecified atom stereocenters. The molecule has 1 aliphatic rings. The second-order valence-electron chi connectivity index (χ2n) is 6.63. The average Bonchev–Trinajstić information content (AvgIpc) is 2.53. The van der Waals surface area contributed by atoms with E-state index in [4.69, 9.17) is 9.84 Å². The Morgan fingerprint density at radius 3 is 2.70 bits per heavy atom. The molecule has 0 radical (unpaired) electrons. The van der Waals surface area contributed by atoms with Gasteiger partial charge in [-0.1, -0.05) is 34.9 Å². The highest BCUT2D eigenvalue weighted by molar-refractivity contribution is 5.72. The zero-order chi connectivity index (χ0) is 17.1. The fourth-order valence-electron chi connectivity index (χ4n) is 2.79. The smallest absolute Gasteiger partial charge is 0.309 e. The maximum absolute atomic E-state index is 11.7. The Labute approximate surface area is 141 Å². The zero-order valence-electron chi connectivity index (χ0n) is 14.9. The number of carbonyl (C=O) groups is 1. The summed E-state index contributed by atoms with van der Waals surface area (Å²) >= 11 is 0. The third-order valence-corrected chi connectivity index (χ3v) is 4.22. The first kappa shape index (κ1) is 19.7. The van der Waals surface area contributed by atoms with Crippen LogP contribution in [-0.4, -0.2) is 24.3 Å². The summed E-state index contributed by atoms with van der Waals surface area (Å²) in [6.07, 6.45) is 13.9. The first-order valence-electron chi connectivity index (χ1n) is 8.77. The lowest BCUT2D eigenvalue weighted by Gasteiger charge is -2.20. The average molecular weight is 320 g/mol. The lowest BCUT2D eigenvalue weighted by Crippen LogP contribution is -2.21. The fourth-order valence-corrected chi connectivity index (χ4v) is 2.79. The van der Waals surface area contributed by atoms with Crippen molar-refractivity contribution in [2.45, 2.75) is 65.7 Å². The van der Waals surface area contributed by atoms with Gasteiger partial charge < -0.3 is 9.84 Å². The van der Waals surface area contributed by atoms with Crippen LogP contribution in [0.5, 0.6) is 0 Å². The van der Waals surface area contributed by atoms with Gasteiger partial charge in [0.2, 0.25) is 0 Å². The van der Waals surface area contributed by atoms with Gasteiger partial charge in [-0.05, 0) is 65.7 Å². The maximum Gasteiger partial charge on any atom is 0.309 e. The molecule has 1 aliphatic carbocycles. The molecule has 1 atom stereocenters. The van der Waals surface area contributed by atoms with E-state index in [1.54, 1.807) is 0 Å². The summed E-state index contributed by atoms with van der Waals surface area (Å²) in [6, 6.07) is 0. The van der Waals surface area contributed by atoms with Gasteiger partial charge in [0.15, 0.2) is 0 Å². The lowest BCUT2D eigenvalue weighted by atomic mass is 9.87. The largest absolute Gasteiger partial charge is 0.463 e. The quantitative estimate of drug-likeness (QED) is 0.494. The van der Waals surface area contributed by atoms with Crippen LogP contribution in [0.3, 0.4) is 0 Å². The van der Waals surface area contributed by atoms with Crippen LogP contribution in [-0.2, 0) is 9.53 Å². The highest BCUT2D eigenvalue weighted by Crippen LogP contribution is 2.27. The van der Waals surface area contributed by atoms with E-state index in [9.17, 15) is 4.79 Å². The van der Waals surface area contributed by atoms with Gasteiger partial charge in [-0.25, -0.2) is 0 Å². The number of carbonyl (C=O) groups excluding carboxylic acids is 1. The number of rotatable bonds is 9.